The zero-order valence-corrected chi connectivity index (χ0v) is 12.6. The van der Waals surface area contributed by atoms with Crippen molar-refractivity contribution >= 4 is 28.9 Å². The summed E-state index contributed by atoms with van der Waals surface area (Å²) >= 11 is 12.3. The minimum Gasteiger partial charge on any atom is -0.494 e. The van der Waals surface area contributed by atoms with Crippen molar-refractivity contribution < 1.29 is 4.74 Å². The smallest absolute Gasteiger partial charge is 0.124 e. The van der Waals surface area contributed by atoms with Crippen LogP contribution >= 0.6 is 23.2 Å². The Morgan fingerprint density at radius 1 is 1.25 bits per heavy atom. The molecule has 0 fully saturated rings. The average Bonchev–Trinajstić information content (AvgIpc) is 2.83. The first-order valence-electron chi connectivity index (χ1n) is 6.65. The van der Waals surface area contributed by atoms with Gasteiger partial charge >= 0.3 is 0 Å². The van der Waals surface area contributed by atoms with E-state index in [4.69, 9.17) is 27.9 Å². The van der Waals surface area contributed by atoms with Gasteiger partial charge < -0.3 is 10.1 Å². The predicted molar refractivity (Wildman–Crippen MR) is 84.1 cm³/mol. The summed E-state index contributed by atoms with van der Waals surface area (Å²) in [6, 6.07) is 12.0. The van der Waals surface area contributed by atoms with Crippen molar-refractivity contribution in [2.45, 2.75) is 19.4 Å². The molecule has 3 rings (SSSR count). The lowest BCUT2D eigenvalue weighted by Crippen LogP contribution is -2.08. The fourth-order valence-corrected chi connectivity index (χ4v) is 3.20. The summed E-state index contributed by atoms with van der Waals surface area (Å²) in [5, 5.41) is 4.85. The summed E-state index contributed by atoms with van der Waals surface area (Å²) in [4.78, 5) is 0. The van der Waals surface area contributed by atoms with Crippen LogP contribution in [0.3, 0.4) is 0 Å². The summed E-state index contributed by atoms with van der Waals surface area (Å²) in [6.45, 7) is 2.65. The molecule has 0 aromatic heterocycles. The zero-order chi connectivity index (χ0) is 14.1. The van der Waals surface area contributed by atoms with E-state index < -0.39 is 0 Å². The van der Waals surface area contributed by atoms with Crippen LogP contribution in [0.2, 0.25) is 10.0 Å². The summed E-state index contributed by atoms with van der Waals surface area (Å²) in [6.07, 6.45) is 0.843. The molecule has 2 nitrogen and oxygen atoms in total. The molecule has 0 bridgehead atoms. The maximum atomic E-state index is 6.27. The molecule has 20 heavy (non-hydrogen) atoms. The molecule has 0 spiro atoms. The van der Waals surface area contributed by atoms with Crippen LogP contribution in [0.5, 0.6) is 5.75 Å². The molecule has 104 valence electrons. The number of fused-ring (bicyclic) bond motifs is 1. The highest BCUT2D eigenvalue weighted by atomic mass is 35.5. The van der Waals surface area contributed by atoms with E-state index >= 15 is 0 Å². The van der Waals surface area contributed by atoms with Gasteiger partial charge in [0.05, 0.1) is 12.6 Å². The van der Waals surface area contributed by atoms with E-state index in [1.807, 2.05) is 31.2 Å². The Balaban J connectivity index is 1.94. The summed E-state index contributed by atoms with van der Waals surface area (Å²) < 4.78 is 5.70. The fraction of sp³-hybridized carbons (Fsp3) is 0.250. The van der Waals surface area contributed by atoms with Crippen LogP contribution in [0.4, 0.5) is 5.69 Å². The van der Waals surface area contributed by atoms with Crippen LogP contribution < -0.4 is 10.1 Å². The van der Waals surface area contributed by atoms with E-state index in [1.54, 1.807) is 6.07 Å². The number of benzene rings is 2. The molecular formula is C16H15Cl2NO. The molecule has 0 radical (unpaired) electrons. The highest BCUT2D eigenvalue weighted by Gasteiger charge is 2.26. The van der Waals surface area contributed by atoms with E-state index in [-0.39, 0.29) is 6.04 Å². The van der Waals surface area contributed by atoms with Crippen molar-refractivity contribution in [3.63, 3.8) is 0 Å². The lowest BCUT2D eigenvalue weighted by Gasteiger charge is -2.16. The van der Waals surface area contributed by atoms with Gasteiger partial charge in [-0.15, -0.1) is 0 Å². The molecule has 0 amide bonds. The monoisotopic (exact) mass is 307 g/mol. The van der Waals surface area contributed by atoms with E-state index in [0.717, 1.165) is 34.0 Å². The third kappa shape index (κ3) is 2.46. The standard InChI is InChI=1S/C16H15Cl2NO/c1-2-20-16-6-4-3-5-11(16)15-9-12-13(18)7-10(17)8-14(12)19-15/h3-8,15,19H,2,9H2,1H3. The molecule has 0 saturated carbocycles. The van der Waals surface area contributed by atoms with Crippen molar-refractivity contribution in [2.75, 3.05) is 11.9 Å². The first kappa shape index (κ1) is 13.6. The number of nitrogens with one attached hydrogen (secondary N) is 1. The maximum Gasteiger partial charge on any atom is 0.124 e. The third-order valence-corrected chi connectivity index (χ3v) is 4.05. The number of halogens is 2. The van der Waals surface area contributed by atoms with Crippen LogP contribution in [-0.2, 0) is 6.42 Å². The van der Waals surface area contributed by atoms with Gasteiger partial charge in [0.25, 0.3) is 0 Å². The molecule has 0 aliphatic carbocycles. The number of hydrogen-bond acceptors (Lipinski definition) is 2. The van der Waals surface area contributed by atoms with Gasteiger partial charge in [0.1, 0.15) is 5.75 Å². The Morgan fingerprint density at radius 3 is 2.85 bits per heavy atom. The highest BCUT2D eigenvalue weighted by Crippen LogP contribution is 2.42. The largest absolute Gasteiger partial charge is 0.494 e. The van der Waals surface area contributed by atoms with Gasteiger partial charge in [-0.05, 0) is 30.7 Å². The van der Waals surface area contributed by atoms with Crippen LogP contribution in [0.1, 0.15) is 24.1 Å². The number of para-hydroxylation sites is 1. The molecule has 4 heteroatoms. The van der Waals surface area contributed by atoms with Crippen LogP contribution in [0.25, 0.3) is 0 Å². The molecule has 0 saturated heterocycles. The second-order valence-corrected chi connectivity index (χ2v) is 5.63. The SMILES string of the molecule is CCOc1ccccc1C1Cc2c(Cl)cc(Cl)cc2N1. The summed E-state index contributed by atoms with van der Waals surface area (Å²) in [5.74, 6) is 0.919. The lowest BCUT2D eigenvalue weighted by atomic mass is 10.0. The van der Waals surface area contributed by atoms with E-state index in [0.29, 0.717) is 11.6 Å². The number of anilines is 1. The second-order valence-electron chi connectivity index (χ2n) is 4.79. The predicted octanol–water partition coefficient (Wildman–Crippen LogP) is 5.10. The molecule has 1 heterocycles. The first-order valence-corrected chi connectivity index (χ1v) is 7.41. The molecule has 1 aliphatic heterocycles. The Labute approximate surface area is 128 Å². The van der Waals surface area contributed by atoms with Crippen molar-refractivity contribution in [3.05, 3.63) is 57.6 Å². The minimum absolute atomic E-state index is 0.170. The van der Waals surface area contributed by atoms with E-state index in [1.165, 1.54) is 0 Å². The van der Waals surface area contributed by atoms with E-state index in [2.05, 4.69) is 11.4 Å². The Bertz CT molecular complexity index is 642. The Kier molecular flexibility index (Phi) is 3.77. The molecule has 1 atom stereocenters. The van der Waals surface area contributed by atoms with Gasteiger partial charge in [0, 0.05) is 27.7 Å². The molecule has 2 aromatic rings. The molecular weight excluding hydrogens is 293 g/mol. The Morgan fingerprint density at radius 2 is 2.05 bits per heavy atom. The van der Waals surface area contributed by atoms with Crippen LogP contribution in [0, 0.1) is 0 Å². The average molecular weight is 308 g/mol. The molecule has 1 N–H and O–H groups in total. The van der Waals surface area contributed by atoms with Gasteiger partial charge in [-0.25, -0.2) is 0 Å². The van der Waals surface area contributed by atoms with Crippen molar-refractivity contribution in [3.8, 4) is 5.75 Å². The number of rotatable bonds is 3. The third-order valence-electron chi connectivity index (χ3n) is 3.49. The number of hydrogen-bond donors (Lipinski definition) is 1. The normalized spacial score (nSPS) is 16.6. The lowest BCUT2D eigenvalue weighted by molar-refractivity contribution is 0.335. The molecule has 1 aliphatic rings. The maximum absolute atomic E-state index is 6.27. The van der Waals surface area contributed by atoms with Gasteiger partial charge in [-0.1, -0.05) is 41.4 Å². The second kappa shape index (κ2) is 5.55. The minimum atomic E-state index is 0.170. The molecule has 1 unspecified atom stereocenters. The Hall–Kier alpha value is -1.38. The topological polar surface area (TPSA) is 21.3 Å². The quantitative estimate of drug-likeness (QED) is 0.851. The first-order chi connectivity index (χ1) is 9.69. The highest BCUT2D eigenvalue weighted by molar-refractivity contribution is 6.35. The summed E-state index contributed by atoms with van der Waals surface area (Å²) in [5.41, 5.74) is 3.28. The van der Waals surface area contributed by atoms with Crippen molar-refractivity contribution in [1.82, 2.24) is 0 Å². The zero-order valence-electron chi connectivity index (χ0n) is 11.1. The van der Waals surface area contributed by atoms with Crippen LogP contribution in [0.15, 0.2) is 36.4 Å². The van der Waals surface area contributed by atoms with Crippen molar-refractivity contribution in [2.24, 2.45) is 0 Å². The fourth-order valence-electron chi connectivity index (χ4n) is 2.63. The molecule has 2 aromatic carbocycles. The number of ether oxygens (including phenoxy) is 1. The van der Waals surface area contributed by atoms with E-state index in [9.17, 15) is 0 Å². The van der Waals surface area contributed by atoms with Gasteiger partial charge in [0.2, 0.25) is 0 Å². The van der Waals surface area contributed by atoms with Crippen molar-refractivity contribution in [1.29, 1.82) is 0 Å². The van der Waals surface area contributed by atoms with Gasteiger partial charge in [-0.3, -0.25) is 0 Å². The van der Waals surface area contributed by atoms with Gasteiger partial charge in [0.15, 0.2) is 0 Å². The summed E-state index contributed by atoms with van der Waals surface area (Å²) in [7, 11) is 0. The van der Waals surface area contributed by atoms with Gasteiger partial charge in [-0.2, -0.15) is 0 Å². The van der Waals surface area contributed by atoms with Crippen LogP contribution in [-0.4, -0.2) is 6.61 Å².